The lowest BCUT2D eigenvalue weighted by atomic mass is 9.89. The molecule has 2 aromatic rings. The van der Waals surface area contributed by atoms with Gasteiger partial charge in [-0.3, -0.25) is 9.59 Å². The van der Waals surface area contributed by atoms with Crippen molar-refractivity contribution in [1.29, 1.82) is 0 Å². The molecule has 0 aromatic heterocycles. The second-order valence-electron chi connectivity index (χ2n) is 7.31. The van der Waals surface area contributed by atoms with Crippen LogP contribution in [-0.2, 0) is 0 Å². The van der Waals surface area contributed by atoms with Crippen molar-refractivity contribution in [1.82, 2.24) is 10.2 Å². The van der Waals surface area contributed by atoms with Crippen molar-refractivity contribution in [2.45, 2.75) is 25.4 Å². The van der Waals surface area contributed by atoms with Crippen molar-refractivity contribution in [3.8, 4) is 0 Å². The molecule has 4 rings (SSSR count). The lowest BCUT2D eigenvalue weighted by Gasteiger charge is -2.52. The molecule has 0 radical (unpaired) electrons. The Morgan fingerprint density at radius 1 is 1.17 bits per heavy atom. The molecular weight excluding hydrogens is 400 g/mol. The molecule has 5 nitrogen and oxygen atoms in total. The minimum absolute atomic E-state index is 0.0927. The predicted octanol–water partition coefficient (Wildman–Crippen LogP) is 3.82. The van der Waals surface area contributed by atoms with Gasteiger partial charge < -0.3 is 15.1 Å². The van der Waals surface area contributed by atoms with Gasteiger partial charge in [0.15, 0.2) is 0 Å². The number of rotatable bonds is 2. The number of likely N-dealkylation sites (tertiary alicyclic amines) is 1. The lowest BCUT2D eigenvalue weighted by Crippen LogP contribution is -2.68. The summed E-state index contributed by atoms with van der Waals surface area (Å²) in [6.45, 7) is 3.44. The Morgan fingerprint density at radius 2 is 1.90 bits per heavy atom. The van der Waals surface area contributed by atoms with Gasteiger partial charge >= 0.3 is 0 Å². The van der Waals surface area contributed by atoms with Gasteiger partial charge in [0.25, 0.3) is 11.8 Å². The number of benzene rings is 2. The van der Waals surface area contributed by atoms with Crippen LogP contribution in [0.3, 0.4) is 0 Å². The number of hydrogen-bond acceptors (Lipinski definition) is 3. The first-order chi connectivity index (χ1) is 13.8. The zero-order valence-corrected chi connectivity index (χ0v) is 16.6. The number of carbonyl (C=O) groups is 2. The number of carbonyl (C=O) groups excluding carboxylic acids is 2. The van der Waals surface area contributed by atoms with Gasteiger partial charge in [-0.2, -0.15) is 0 Å². The lowest BCUT2D eigenvalue weighted by molar-refractivity contribution is 0.0603. The summed E-state index contributed by atoms with van der Waals surface area (Å²) in [6, 6.07) is 8.15. The minimum Gasteiger partial charge on any atom is -0.348 e. The SMILES string of the molecule is CCN1c2ccc(F)cc2C(=O)NC12CCN(C(=O)c1ccc(F)c(Cl)c1)CC2. The number of hydrogen-bond donors (Lipinski definition) is 1. The first-order valence-electron chi connectivity index (χ1n) is 9.48. The maximum Gasteiger partial charge on any atom is 0.255 e. The van der Waals surface area contributed by atoms with Gasteiger partial charge in [-0.15, -0.1) is 0 Å². The third kappa shape index (κ3) is 3.33. The van der Waals surface area contributed by atoms with Gasteiger partial charge in [-0.05, 0) is 43.3 Å². The Bertz CT molecular complexity index is 990. The molecule has 1 fully saturated rings. The van der Waals surface area contributed by atoms with E-state index >= 15 is 0 Å². The molecule has 2 aromatic carbocycles. The van der Waals surface area contributed by atoms with E-state index in [4.69, 9.17) is 11.6 Å². The third-order valence-electron chi connectivity index (χ3n) is 5.72. The number of amides is 2. The molecule has 0 bridgehead atoms. The Kier molecular flexibility index (Phi) is 4.94. The standard InChI is InChI=1S/C21H20ClF2N3O2/c1-2-27-18-6-4-14(23)12-15(18)19(28)25-21(27)7-9-26(10-8-21)20(29)13-3-5-17(24)16(22)11-13/h3-6,11-12H,2,7-10H2,1H3,(H,25,28). The highest BCUT2D eigenvalue weighted by Crippen LogP contribution is 2.37. The molecule has 0 saturated carbocycles. The van der Waals surface area contributed by atoms with Gasteiger partial charge in [-0.1, -0.05) is 11.6 Å². The molecule has 8 heteroatoms. The van der Waals surface area contributed by atoms with E-state index in [1.54, 1.807) is 11.0 Å². The monoisotopic (exact) mass is 419 g/mol. The average Bonchev–Trinajstić information content (AvgIpc) is 2.71. The van der Waals surface area contributed by atoms with E-state index in [-0.39, 0.29) is 16.8 Å². The molecule has 2 aliphatic rings. The molecule has 0 unspecified atom stereocenters. The van der Waals surface area contributed by atoms with Crippen LogP contribution in [0.25, 0.3) is 0 Å². The molecule has 0 atom stereocenters. The number of nitrogens with one attached hydrogen (secondary N) is 1. The summed E-state index contributed by atoms with van der Waals surface area (Å²) in [4.78, 5) is 29.2. The van der Waals surface area contributed by atoms with E-state index in [0.717, 1.165) is 0 Å². The Balaban J connectivity index is 1.56. The number of nitrogens with zero attached hydrogens (tertiary/aromatic N) is 2. The van der Waals surface area contributed by atoms with Crippen molar-refractivity contribution in [3.63, 3.8) is 0 Å². The second-order valence-corrected chi connectivity index (χ2v) is 7.72. The van der Waals surface area contributed by atoms with Crippen LogP contribution < -0.4 is 10.2 Å². The van der Waals surface area contributed by atoms with Crippen LogP contribution in [0.2, 0.25) is 5.02 Å². The molecule has 1 N–H and O–H groups in total. The summed E-state index contributed by atoms with van der Waals surface area (Å²) in [6.07, 6.45) is 1.04. The fourth-order valence-corrected chi connectivity index (χ4v) is 4.44. The smallest absolute Gasteiger partial charge is 0.255 e. The predicted molar refractivity (Wildman–Crippen MR) is 106 cm³/mol. The number of anilines is 1. The number of fused-ring (bicyclic) bond motifs is 1. The first-order valence-corrected chi connectivity index (χ1v) is 9.86. The van der Waals surface area contributed by atoms with Gasteiger partial charge in [0, 0.05) is 38.0 Å². The van der Waals surface area contributed by atoms with E-state index in [1.807, 2.05) is 6.92 Å². The summed E-state index contributed by atoms with van der Waals surface area (Å²) in [5, 5.41) is 2.95. The van der Waals surface area contributed by atoms with Crippen molar-refractivity contribution in [2.75, 3.05) is 24.5 Å². The molecule has 1 saturated heterocycles. The van der Waals surface area contributed by atoms with E-state index < -0.39 is 17.3 Å². The third-order valence-corrected chi connectivity index (χ3v) is 6.01. The number of halogens is 3. The summed E-state index contributed by atoms with van der Waals surface area (Å²) in [7, 11) is 0. The molecule has 2 amide bonds. The second kappa shape index (κ2) is 7.30. The Morgan fingerprint density at radius 3 is 2.55 bits per heavy atom. The summed E-state index contributed by atoms with van der Waals surface area (Å²) in [5.74, 6) is -1.56. The Hall–Kier alpha value is -2.67. The summed E-state index contributed by atoms with van der Waals surface area (Å²) < 4.78 is 27.0. The zero-order chi connectivity index (χ0) is 20.8. The highest BCUT2D eigenvalue weighted by atomic mass is 35.5. The first kappa shape index (κ1) is 19.6. The van der Waals surface area contributed by atoms with E-state index in [2.05, 4.69) is 10.2 Å². The molecular formula is C21H20ClF2N3O2. The number of piperidine rings is 1. The van der Waals surface area contributed by atoms with Gasteiger partial charge in [0.2, 0.25) is 0 Å². The van der Waals surface area contributed by atoms with Crippen LogP contribution in [-0.4, -0.2) is 42.0 Å². The largest absolute Gasteiger partial charge is 0.348 e. The van der Waals surface area contributed by atoms with E-state index in [1.165, 1.54) is 30.3 Å². The molecule has 2 heterocycles. The van der Waals surface area contributed by atoms with Crippen molar-refractivity contribution >= 4 is 29.1 Å². The topological polar surface area (TPSA) is 52.7 Å². The van der Waals surface area contributed by atoms with E-state index in [0.29, 0.717) is 49.3 Å². The normalized spacial score (nSPS) is 17.9. The van der Waals surface area contributed by atoms with Gasteiger partial charge in [0.1, 0.15) is 17.3 Å². The summed E-state index contributed by atoms with van der Waals surface area (Å²) in [5.41, 5.74) is 0.710. The molecule has 2 aliphatic heterocycles. The van der Waals surface area contributed by atoms with Gasteiger partial charge in [-0.25, -0.2) is 8.78 Å². The molecule has 152 valence electrons. The molecule has 0 aliphatic carbocycles. The van der Waals surface area contributed by atoms with Crippen LogP contribution in [0, 0.1) is 11.6 Å². The highest BCUT2D eigenvalue weighted by molar-refractivity contribution is 6.31. The van der Waals surface area contributed by atoms with Crippen LogP contribution in [0.15, 0.2) is 36.4 Å². The van der Waals surface area contributed by atoms with Crippen molar-refractivity contribution in [3.05, 3.63) is 64.2 Å². The van der Waals surface area contributed by atoms with Crippen molar-refractivity contribution < 1.29 is 18.4 Å². The Labute approximate surface area is 172 Å². The fraction of sp³-hybridized carbons (Fsp3) is 0.333. The molecule has 29 heavy (non-hydrogen) atoms. The maximum atomic E-state index is 13.6. The van der Waals surface area contributed by atoms with Gasteiger partial charge in [0.05, 0.1) is 16.3 Å². The van der Waals surface area contributed by atoms with Crippen LogP contribution >= 0.6 is 11.6 Å². The van der Waals surface area contributed by atoms with E-state index in [9.17, 15) is 18.4 Å². The zero-order valence-electron chi connectivity index (χ0n) is 15.8. The summed E-state index contributed by atoms with van der Waals surface area (Å²) >= 11 is 5.80. The van der Waals surface area contributed by atoms with Crippen molar-refractivity contribution in [2.24, 2.45) is 0 Å². The highest BCUT2D eigenvalue weighted by Gasteiger charge is 2.46. The quantitative estimate of drug-likeness (QED) is 0.805. The minimum atomic E-state index is -0.631. The molecule has 1 spiro atoms. The maximum absolute atomic E-state index is 13.6. The fourth-order valence-electron chi connectivity index (χ4n) is 4.26. The average molecular weight is 420 g/mol. The van der Waals surface area contributed by atoms with Crippen LogP contribution in [0.5, 0.6) is 0 Å². The van der Waals surface area contributed by atoms with Crippen LogP contribution in [0.1, 0.15) is 40.5 Å². The van der Waals surface area contributed by atoms with Crippen LogP contribution in [0.4, 0.5) is 14.5 Å².